The van der Waals surface area contributed by atoms with E-state index in [0.717, 1.165) is 25.8 Å². The maximum atomic E-state index is 11.7. The summed E-state index contributed by atoms with van der Waals surface area (Å²) in [6, 6.07) is 0.289. The van der Waals surface area contributed by atoms with Crippen molar-refractivity contribution in [3.05, 3.63) is 21.6 Å². The highest BCUT2D eigenvalue weighted by Gasteiger charge is 2.28. The number of hydrogen-bond donors (Lipinski definition) is 3. The SMILES string of the molecule is O=C(NC1CC1)N[C@@H]1CCN(c2cn[nH]c(=O)c2Cl)C1. The van der Waals surface area contributed by atoms with E-state index in [9.17, 15) is 9.59 Å². The number of H-pyrrole nitrogens is 1. The van der Waals surface area contributed by atoms with Crippen LogP contribution in [0.4, 0.5) is 10.5 Å². The first-order valence-corrected chi connectivity index (χ1v) is 7.06. The Labute approximate surface area is 120 Å². The fourth-order valence-corrected chi connectivity index (χ4v) is 2.54. The molecule has 20 heavy (non-hydrogen) atoms. The number of aromatic nitrogens is 2. The van der Waals surface area contributed by atoms with E-state index in [4.69, 9.17) is 11.6 Å². The molecule has 8 heteroatoms. The Morgan fingerprint density at radius 1 is 1.35 bits per heavy atom. The van der Waals surface area contributed by atoms with Crippen LogP contribution in [0.1, 0.15) is 19.3 Å². The average Bonchev–Trinajstić information content (AvgIpc) is 3.10. The molecule has 108 valence electrons. The van der Waals surface area contributed by atoms with Crippen LogP contribution in [0.2, 0.25) is 5.02 Å². The van der Waals surface area contributed by atoms with E-state index in [0.29, 0.717) is 18.3 Å². The molecule has 2 amide bonds. The van der Waals surface area contributed by atoms with E-state index in [1.807, 2.05) is 4.90 Å². The van der Waals surface area contributed by atoms with Crippen molar-refractivity contribution in [1.82, 2.24) is 20.8 Å². The molecule has 0 bridgehead atoms. The zero-order chi connectivity index (χ0) is 14.1. The largest absolute Gasteiger partial charge is 0.367 e. The van der Waals surface area contributed by atoms with Gasteiger partial charge in [0.2, 0.25) is 0 Å². The van der Waals surface area contributed by atoms with Crippen LogP contribution in [-0.2, 0) is 0 Å². The summed E-state index contributed by atoms with van der Waals surface area (Å²) >= 11 is 5.98. The summed E-state index contributed by atoms with van der Waals surface area (Å²) in [5, 5.41) is 12.0. The van der Waals surface area contributed by atoms with E-state index < -0.39 is 5.56 Å². The monoisotopic (exact) mass is 297 g/mol. The molecule has 7 nitrogen and oxygen atoms in total. The van der Waals surface area contributed by atoms with Crippen molar-refractivity contribution in [2.45, 2.75) is 31.3 Å². The van der Waals surface area contributed by atoms with Gasteiger partial charge in [0.25, 0.3) is 5.56 Å². The predicted molar refractivity (Wildman–Crippen MR) is 75.2 cm³/mol. The Kier molecular flexibility index (Phi) is 3.52. The second-order valence-corrected chi connectivity index (χ2v) is 5.60. The van der Waals surface area contributed by atoms with Crippen LogP contribution in [-0.4, -0.2) is 41.4 Å². The molecule has 0 radical (unpaired) electrons. The van der Waals surface area contributed by atoms with Crippen molar-refractivity contribution >= 4 is 23.3 Å². The summed E-state index contributed by atoms with van der Waals surface area (Å²) in [7, 11) is 0. The second-order valence-electron chi connectivity index (χ2n) is 5.22. The van der Waals surface area contributed by atoms with E-state index in [1.54, 1.807) is 0 Å². The Morgan fingerprint density at radius 3 is 2.85 bits per heavy atom. The zero-order valence-corrected chi connectivity index (χ0v) is 11.6. The number of anilines is 1. The van der Waals surface area contributed by atoms with Gasteiger partial charge in [-0.2, -0.15) is 5.10 Å². The van der Waals surface area contributed by atoms with Gasteiger partial charge in [-0.1, -0.05) is 11.6 Å². The summed E-state index contributed by atoms with van der Waals surface area (Å²) in [6.07, 6.45) is 4.49. The van der Waals surface area contributed by atoms with Crippen LogP contribution < -0.4 is 21.1 Å². The maximum absolute atomic E-state index is 11.7. The topological polar surface area (TPSA) is 90.1 Å². The highest BCUT2D eigenvalue weighted by atomic mass is 35.5. The van der Waals surface area contributed by atoms with Crippen molar-refractivity contribution < 1.29 is 4.79 Å². The molecule has 1 aliphatic heterocycles. The van der Waals surface area contributed by atoms with Crippen molar-refractivity contribution in [2.75, 3.05) is 18.0 Å². The van der Waals surface area contributed by atoms with Crippen LogP contribution >= 0.6 is 11.6 Å². The third kappa shape index (κ3) is 2.87. The minimum Gasteiger partial charge on any atom is -0.367 e. The van der Waals surface area contributed by atoms with E-state index in [1.165, 1.54) is 6.20 Å². The average molecular weight is 298 g/mol. The fourth-order valence-electron chi connectivity index (χ4n) is 2.33. The molecule has 1 atom stereocenters. The first-order valence-electron chi connectivity index (χ1n) is 6.68. The lowest BCUT2D eigenvalue weighted by molar-refractivity contribution is 0.237. The number of aromatic amines is 1. The lowest BCUT2D eigenvalue weighted by Gasteiger charge is -2.19. The number of halogens is 1. The molecule has 2 aliphatic rings. The van der Waals surface area contributed by atoms with Crippen LogP contribution in [0, 0.1) is 0 Å². The molecule has 0 aromatic carbocycles. The first-order chi connectivity index (χ1) is 9.63. The van der Waals surface area contributed by atoms with Crippen LogP contribution in [0.5, 0.6) is 0 Å². The lowest BCUT2D eigenvalue weighted by atomic mass is 10.3. The minimum atomic E-state index is -0.396. The van der Waals surface area contributed by atoms with Crippen LogP contribution in [0.15, 0.2) is 11.0 Å². The van der Waals surface area contributed by atoms with Crippen molar-refractivity contribution in [3.8, 4) is 0 Å². The summed E-state index contributed by atoms with van der Waals surface area (Å²) in [4.78, 5) is 25.1. The Balaban J connectivity index is 1.59. The number of carbonyl (C=O) groups is 1. The van der Waals surface area contributed by atoms with Gasteiger partial charge in [0, 0.05) is 25.2 Å². The van der Waals surface area contributed by atoms with Crippen molar-refractivity contribution in [1.29, 1.82) is 0 Å². The van der Waals surface area contributed by atoms with E-state index in [-0.39, 0.29) is 17.1 Å². The normalized spacial score (nSPS) is 21.9. The van der Waals surface area contributed by atoms with Gasteiger partial charge in [-0.05, 0) is 19.3 Å². The molecule has 1 aromatic heterocycles. The van der Waals surface area contributed by atoms with Crippen molar-refractivity contribution in [2.24, 2.45) is 0 Å². The quantitative estimate of drug-likeness (QED) is 0.756. The Bertz CT molecular complexity index is 571. The molecule has 3 N–H and O–H groups in total. The number of nitrogens with zero attached hydrogens (tertiary/aromatic N) is 2. The number of rotatable bonds is 3. The predicted octanol–water partition coefficient (Wildman–Crippen LogP) is 0.464. The number of amides is 2. The molecule has 2 heterocycles. The molecule has 2 fully saturated rings. The van der Waals surface area contributed by atoms with Gasteiger partial charge in [0.05, 0.1) is 11.9 Å². The molecule has 1 saturated heterocycles. The molecule has 1 aliphatic carbocycles. The summed E-state index contributed by atoms with van der Waals surface area (Å²) in [6.45, 7) is 1.36. The van der Waals surface area contributed by atoms with Gasteiger partial charge in [-0.15, -0.1) is 0 Å². The standard InChI is InChI=1S/C12H16ClN5O2/c13-10-9(5-14-17-11(10)19)18-4-3-8(6-18)16-12(20)15-7-1-2-7/h5,7-8H,1-4,6H2,(H,17,19)(H2,15,16,20)/t8-/m1/s1. The zero-order valence-electron chi connectivity index (χ0n) is 10.9. The summed E-state index contributed by atoms with van der Waals surface area (Å²) in [5.41, 5.74) is 0.217. The van der Waals surface area contributed by atoms with E-state index in [2.05, 4.69) is 20.8 Å². The molecule has 0 spiro atoms. The van der Waals surface area contributed by atoms with Gasteiger partial charge in [0.15, 0.2) is 0 Å². The molecule has 3 rings (SSSR count). The Hall–Kier alpha value is -1.76. The van der Waals surface area contributed by atoms with Crippen LogP contribution in [0.3, 0.4) is 0 Å². The number of carbonyl (C=O) groups excluding carboxylic acids is 1. The molecule has 1 saturated carbocycles. The summed E-state index contributed by atoms with van der Waals surface area (Å²) < 4.78 is 0. The lowest BCUT2D eigenvalue weighted by Crippen LogP contribution is -2.44. The number of hydrogen-bond acceptors (Lipinski definition) is 4. The smallest absolute Gasteiger partial charge is 0.315 e. The molecular formula is C12H16ClN5O2. The minimum absolute atomic E-state index is 0.0594. The van der Waals surface area contributed by atoms with Gasteiger partial charge in [-0.3, -0.25) is 4.79 Å². The first kappa shape index (κ1) is 13.2. The number of urea groups is 1. The van der Waals surface area contributed by atoms with Gasteiger partial charge in [-0.25, -0.2) is 9.89 Å². The highest BCUT2D eigenvalue weighted by molar-refractivity contribution is 6.33. The van der Waals surface area contributed by atoms with Gasteiger partial charge in [0.1, 0.15) is 5.02 Å². The number of nitrogens with one attached hydrogen (secondary N) is 3. The van der Waals surface area contributed by atoms with Crippen LogP contribution in [0.25, 0.3) is 0 Å². The summed E-state index contributed by atoms with van der Waals surface area (Å²) in [5.74, 6) is 0. The molecule has 0 unspecified atom stereocenters. The third-order valence-electron chi connectivity index (χ3n) is 3.55. The van der Waals surface area contributed by atoms with Crippen molar-refractivity contribution in [3.63, 3.8) is 0 Å². The Morgan fingerprint density at radius 2 is 2.10 bits per heavy atom. The maximum Gasteiger partial charge on any atom is 0.315 e. The highest BCUT2D eigenvalue weighted by Crippen LogP contribution is 2.24. The van der Waals surface area contributed by atoms with Gasteiger partial charge < -0.3 is 15.5 Å². The van der Waals surface area contributed by atoms with E-state index >= 15 is 0 Å². The second kappa shape index (κ2) is 5.32. The molecule has 1 aromatic rings. The third-order valence-corrected chi connectivity index (χ3v) is 3.92. The van der Waals surface area contributed by atoms with Gasteiger partial charge >= 0.3 is 6.03 Å². The fraction of sp³-hybridized carbons (Fsp3) is 0.583. The molecular weight excluding hydrogens is 282 g/mol.